The highest BCUT2D eigenvalue weighted by atomic mass is 16.2. The van der Waals surface area contributed by atoms with Gasteiger partial charge in [0.1, 0.15) is 5.69 Å². The smallest absolute Gasteiger partial charge is 0.274 e. The van der Waals surface area contributed by atoms with Gasteiger partial charge in [-0.2, -0.15) is 10.2 Å². The average Bonchev–Trinajstić information content (AvgIpc) is 3.31. The molecule has 1 saturated carbocycles. The molecule has 0 radical (unpaired) electrons. The van der Waals surface area contributed by atoms with Crippen LogP contribution in [0.15, 0.2) is 18.5 Å². The van der Waals surface area contributed by atoms with Crippen LogP contribution in [0, 0.1) is 0 Å². The van der Waals surface area contributed by atoms with E-state index in [4.69, 9.17) is 5.73 Å². The minimum atomic E-state index is 0.0160. The first-order chi connectivity index (χ1) is 11.2. The molecule has 7 nitrogen and oxygen atoms in total. The number of nitrogen functional groups attached to an aromatic ring is 1. The minimum absolute atomic E-state index is 0.0160. The molecule has 2 fully saturated rings. The van der Waals surface area contributed by atoms with Crippen molar-refractivity contribution in [3.8, 4) is 0 Å². The van der Waals surface area contributed by atoms with Crippen LogP contribution in [0.5, 0.6) is 0 Å². The molecule has 2 aliphatic rings. The quantitative estimate of drug-likeness (QED) is 0.905. The van der Waals surface area contributed by atoms with Gasteiger partial charge in [-0.25, -0.2) is 0 Å². The average molecular weight is 314 g/mol. The molecule has 1 aliphatic heterocycles. The topological polar surface area (TPSA) is 92.8 Å². The summed E-state index contributed by atoms with van der Waals surface area (Å²) in [5.74, 6) is 0.251. The van der Waals surface area contributed by atoms with E-state index in [-0.39, 0.29) is 11.8 Å². The fourth-order valence-corrected chi connectivity index (χ4v) is 3.80. The molecule has 7 heteroatoms. The molecule has 2 aromatic rings. The lowest BCUT2D eigenvalue weighted by atomic mass is 10.0. The fourth-order valence-electron chi connectivity index (χ4n) is 3.80. The number of H-pyrrole nitrogens is 1. The Labute approximate surface area is 134 Å². The van der Waals surface area contributed by atoms with Crippen molar-refractivity contribution in [1.29, 1.82) is 0 Å². The van der Waals surface area contributed by atoms with Crippen molar-refractivity contribution in [2.45, 2.75) is 44.1 Å². The van der Waals surface area contributed by atoms with E-state index in [0.717, 1.165) is 18.7 Å². The van der Waals surface area contributed by atoms with Crippen molar-refractivity contribution in [2.24, 2.45) is 0 Å². The number of carbonyl (C=O) groups is 1. The number of rotatable bonds is 3. The second kappa shape index (κ2) is 5.72. The van der Waals surface area contributed by atoms with Crippen LogP contribution in [0.2, 0.25) is 0 Å². The van der Waals surface area contributed by atoms with Gasteiger partial charge in [0.25, 0.3) is 5.91 Å². The highest BCUT2D eigenvalue weighted by molar-refractivity contribution is 5.92. The molecular weight excluding hydrogens is 292 g/mol. The Bertz CT molecular complexity index is 699. The number of aromatic amines is 1. The van der Waals surface area contributed by atoms with Gasteiger partial charge in [0.15, 0.2) is 0 Å². The molecule has 122 valence electrons. The normalized spacial score (nSPS) is 22.1. The van der Waals surface area contributed by atoms with Gasteiger partial charge in [-0.15, -0.1) is 0 Å². The maximum atomic E-state index is 12.7. The lowest BCUT2D eigenvalue weighted by Gasteiger charge is -2.15. The van der Waals surface area contributed by atoms with Crippen LogP contribution < -0.4 is 5.73 Å². The summed E-state index contributed by atoms with van der Waals surface area (Å²) in [7, 11) is 0. The second-order valence-corrected chi connectivity index (χ2v) is 6.60. The number of aromatic nitrogens is 4. The molecule has 3 N–H and O–H groups in total. The van der Waals surface area contributed by atoms with Crippen LogP contribution in [-0.4, -0.2) is 43.9 Å². The number of hydrogen-bond donors (Lipinski definition) is 2. The van der Waals surface area contributed by atoms with E-state index in [0.29, 0.717) is 24.0 Å². The Morgan fingerprint density at radius 3 is 2.87 bits per heavy atom. The maximum absolute atomic E-state index is 12.7. The summed E-state index contributed by atoms with van der Waals surface area (Å²) in [5.41, 5.74) is 8.08. The van der Waals surface area contributed by atoms with Crippen molar-refractivity contribution >= 4 is 11.6 Å². The van der Waals surface area contributed by atoms with E-state index in [1.165, 1.54) is 25.7 Å². The predicted octanol–water partition coefficient (Wildman–Crippen LogP) is 1.93. The van der Waals surface area contributed by atoms with Crippen LogP contribution in [0.25, 0.3) is 0 Å². The van der Waals surface area contributed by atoms with Gasteiger partial charge in [-0.1, -0.05) is 12.8 Å². The number of nitrogens with zero attached hydrogens (tertiary/aromatic N) is 4. The second-order valence-electron chi connectivity index (χ2n) is 6.60. The molecule has 0 bridgehead atoms. The third-order valence-corrected chi connectivity index (χ3v) is 5.11. The van der Waals surface area contributed by atoms with E-state index < -0.39 is 0 Å². The molecule has 1 amide bonds. The van der Waals surface area contributed by atoms with E-state index in [9.17, 15) is 4.79 Å². The van der Waals surface area contributed by atoms with Crippen LogP contribution >= 0.6 is 0 Å². The van der Waals surface area contributed by atoms with Gasteiger partial charge in [0, 0.05) is 25.2 Å². The van der Waals surface area contributed by atoms with Gasteiger partial charge in [0.05, 0.1) is 23.6 Å². The molecule has 1 unspecified atom stereocenters. The standard InChI is InChI=1S/C16H22N6O/c17-13-9-18-19-15(13)11-5-7-21(10-11)16(23)14-6-8-22(20-14)12-3-1-2-4-12/h6,8-9,11-12H,1-5,7,10,17H2,(H,18,19). The van der Waals surface area contributed by atoms with Gasteiger partial charge in [0.2, 0.25) is 0 Å². The third-order valence-electron chi connectivity index (χ3n) is 5.11. The Hall–Kier alpha value is -2.31. The lowest BCUT2D eigenvalue weighted by Crippen LogP contribution is -2.29. The Kier molecular flexibility index (Phi) is 3.55. The van der Waals surface area contributed by atoms with Gasteiger partial charge >= 0.3 is 0 Å². The van der Waals surface area contributed by atoms with Gasteiger partial charge in [-0.05, 0) is 25.3 Å². The van der Waals surface area contributed by atoms with Gasteiger partial charge in [-0.3, -0.25) is 14.6 Å². The van der Waals surface area contributed by atoms with Crippen molar-refractivity contribution in [3.63, 3.8) is 0 Å². The van der Waals surface area contributed by atoms with Gasteiger partial charge < -0.3 is 10.6 Å². The number of nitrogens with one attached hydrogen (secondary N) is 1. The first-order valence-electron chi connectivity index (χ1n) is 8.35. The Balaban J connectivity index is 1.44. The van der Waals surface area contributed by atoms with Crippen molar-refractivity contribution in [1.82, 2.24) is 24.9 Å². The Morgan fingerprint density at radius 1 is 1.30 bits per heavy atom. The lowest BCUT2D eigenvalue weighted by molar-refractivity contribution is 0.0783. The molecule has 23 heavy (non-hydrogen) atoms. The molecule has 0 spiro atoms. The Morgan fingerprint density at radius 2 is 2.13 bits per heavy atom. The number of amides is 1. The molecule has 2 aromatic heterocycles. The molecule has 4 rings (SSSR count). The number of anilines is 1. The zero-order chi connectivity index (χ0) is 15.8. The molecule has 1 aliphatic carbocycles. The summed E-state index contributed by atoms with van der Waals surface area (Å²) in [5, 5.41) is 11.5. The number of carbonyl (C=O) groups excluding carboxylic acids is 1. The van der Waals surface area contributed by atoms with E-state index in [1.807, 2.05) is 21.8 Å². The first-order valence-corrected chi connectivity index (χ1v) is 8.35. The molecule has 1 saturated heterocycles. The number of hydrogen-bond acceptors (Lipinski definition) is 4. The third kappa shape index (κ3) is 2.60. The maximum Gasteiger partial charge on any atom is 0.274 e. The van der Waals surface area contributed by atoms with E-state index in [1.54, 1.807) is 6.20 Å². The van der Waals surface area contributed by atoms with Crippen molar-refractivity contribution in [2.75, 3.05) is 18.8 Å². The van der Waals surface area contributed by atoms with Crippen LogP contribution in [-0.2, 0) is 0 Å². The zero-order valence-corrected chi connectivity index (χ0v) is 13.1. The van der Waals surface area contributed by atoms with E-state index >= 15 is 0 Å². The fraction of sp³-hybridized carbons (Fsp3) is 0.562. The molecule has 1 atom stereocenters. The summed E-state index contributed by atoms with van der Waals surface area (Å²) >= 11 is 0. The summed E-state index contributed by atoms with van der Waals surface area (Å²) in [6, 6.07) is 2.31. The van der Waals surface area contributed by atoms with Crippen molar-refractivity contribution in [3.05, 3.63) is 29.8 Å². The summed E-state index contributed by atoms with van der Waals surface area (Å²) < 4.78 is 1.97. The zero-order valence-electron chi connectivity index (χ0n) is 13.1. The molecule has 3 heterocycles. The van der Waals surface area contributed by atoms with E-state index in [2.05, 4.69) is 15.3 Å². The van der Waals surface area contributed by atoms with Crippen LogP contribution in [0.4, 0.5) is 5.69 Å². The van der Waals surface area contributed by atoms with Crippen LogP contribution in [0.3, 0.4) is 0 Å². The summed E-state index contributed by atoms with van der Waals surface area (Å²) in [4.78, 5) is 14.5. The summed E-state index contributed by atoms with van der Waals surface area (Å²) in [6.07, 6.45) is 9.33. The first kappa shape index (κ1) is 14.3. The largest absolute Gasteiger partial charge is 0.396 e. The number of nitrogens with two attached hydrogens (primary N) is 1. The highest BCUT2D eigenvalue weighted by Crippen LogP contribution is 2.31. The SMILES string of the molecule is Nc1cn[nH]c1C1CCN(C(=O)c2ccn(C3CCCC3)n2)C1. The number of likely N-dealkylation sites (tertiary alicyclic amines) is 1. The highest BCUT2D eigenvalue weighted by Gasteiger charge is 2.31. The van der Waals surface area contributed by atoms with Crippen LogP contribution in [0.1, 0.15) is 60.2 Å². The molecular formula is C16H22N6O. The predicted molar refractivity (Wildman–Crippen MR) is 86.0 cm³/mol. The van der Waals surface area contributed by atoms with Crippen molar-refractivity contribution < 1.29 is 4.79 Å². The monoisotopic (exact) mass is 314 g/mol. The minimum Gasteiger partial charge on any atom is -0.396 e. The summed E-state index contributed by atoms with van der Waals surface area (Å²) in [6.45, 7) is 1.40. The molecule has 0 aromatic carbocycles.